The smallest absolute Gasteiger partial charge is 0.371 e. The van der Waals surface area contributed by atoms with Crippen LogP contribution in [0.4, 0.5) is 0 Å². The van der Waals surface area contributed by atoms with Crippen LogP contribution in [-0.4, -0.2) is 27.3 Å². The maximum Gasteiger partial charge on any atom is 0.469 e. The number of thiocarbonyl (C=S) groups is 1. The number of phosphoric ester groups is 1. The first-order valence-corrected chi connectivity index (χ1v) is 7.47. The van der Waals surface area contributed by atoms with Gasteiger partial charge in [-0.1, -0.05) is 31.5 Å². The van der Waals surface area contributed by atoms with E-state index in [1.807, 2.05) is 0 Å². The number of hydrogen-bond acceptors (Lipinski definition) is 3. The van der Waals surface area contributed by atoms with Crippen molar-refractivity contribution >= 4 is 37.0 Å². The van der Waals surface area contributed by atoms with Gasteiger partial charge in [-0.15, -0.1) is 12.6 Å². The van der Waals surface area contributed by atoms with Crippen LogP contribution in [0.15, 0.2) is 0 Å². The third kappa shape index (κ3) is 14.4. The molecule has 0 atom stereocenters. The normalized spacial score (nSPS) is 11.4. The highest BCUT2D eigenvalue weighted by atomic mass is 32.1. The van der Waals surface area contributed by atoms with Crippen molar-refractivity contribution in [3.8, 4) is 0 Å². The molecule has 0 aromatic carbocycles. The number of phosphoric acid groups is 1. The molecule has 0 aliphatic rings. The summed E-state index contributed by atoms with van der Waals surface area (Å²) in [5.41, 5.74) is 0. The molecule has 0 fully saturated rings. The lowest BCUT2D eigenvalue weighted by atomic mass is 10.1. The van der Waals surface area contributed by atoms with Gasteiger partial charge in [0.1, 0.15) is 4.32 Å². The summed E-state index contributed by atoms with van der Waals surface area (Å²) >= 11 is 8.65. The monoisotopic (exact) mass is 287 g/mol. The van der Waals surface area contributed by atoms with E-state index < -0.39 is 7.82 Å². The molecule has 0 heterocycles. The Morgan fingerprint density at radius 1 is 1.25 bits per heavy atom. The topological polar surface area (TPSA) is 78.8 Å². The van der Waals surface area contributed by atoms with Gasteiger partial charge in [0.25, 0.3) is 0 Å². The maximum atomic E-state index is 10.3. The highest BCUT2D eigenvalue weighted by Gasteiger charge is 2.12. The Bertz CT molecular complexity index is 246. The molecule has 0 aromatic rings. The van der Waals surface area contributed by atoms with Crippen molar-refractivity contribution in [2.45, 2.75) is 32.1 Å². The predicted octanol–water partition coefficient (Wildman–Crippen LogP) is 1.85. The molecule has 0 spiro atoms. The Balaban J connectivity index is 3.10. The van der Waals surface area contributed by atoms with Crippen molar-refractivity contribution in [2.75, 3.05) is 13.2 Å². The van der Waals surface area contributed by atoms with Crippen molar-refractivity contribution in [1.82, 2.24) is 5.32 Å². The molecule has 0 saturated carbocycles. The Kier molecular flexibility index (Phi) is 9.59. The molecular formula is C8H18NO4PS2. The molecule has 0 aliphatic heterocycles. The number of unbranched alkanes of at least 4 members (excludes halogenated alkanes) is 4. The van der Waals surface area contributed by atoms with Crippen molar-refractivity contribution in [3.63, 3.8) is 0 Å². The van der Waals surface area contributed by atoms with Gasteiger partial charge in [0.2, 0.25) is 0 Å². The van der Waals surface area contributed by atoms with Gasteiger partial charge in [-0.25, -0.2) is 4.57 Å². The maximum absolute atomic E-state index is 10.3. The zero-order valence-electron chi connectivity index (χ0n) is 8.96. The van der Waals surface area contributed by atoms with Gasteiger partial charge in [-0.05, 0) is 12.8 Å². The molecule has 0 rings (SSSR count). The molecule has 0 unspecified atom stereocenters. The van der Waals surface area contributed by atoms with E-state index in [-0.39, 0.29) is 6.61 Å². The number of thiol groups is 1. The van der Waals surface area contributed by atoms with E-state index in [4.69, 9.17) is 22.0 Å². The Labute approximate surface area is 107 Å². The first-order chi connectivity index (χ1) is 7.42. The van der Waals surface area contributed by atoms with Crippen LogP contribution >= 0.6 is 32.7 Å². The first-order valence-electron chi connectivity index (χ1n) is 5.09. The molecule has 0 aromatic heterocycles. The van der Waals surface area contributed by atoms with Gasteiger partial charge in [0.15, 0.2) is 0 Å². The van der Waals surface area contributed by atoms with E-state index in [2.05, 4.69) is 22.5 Å². The summed E-state index contributed by atoms with van der Waals surface area (Å²) in [6, 6.07) is 0. The van der Waals surface area contributed by atoms with E-state index in [1.165, 1.54) is 0 Å². The molecule has 3 N–H and O–H groups in total. The largest absolute Gasteiger partial charge is 0.469 e. The minimum absolute atomic E-state index is 0.114. The summed E-state index contributed by atoms with van der Waals surface area (Å²) in [5.74, 6) is 0. The summed E-state index contributed by atoms with van der Waals surface area (Å²) in [5, 5.41) is 2.94. The average molecular weight is 287 g/mol. The first kappa shape index (κ1) is 16.4. The second-order valence-electron chi connectivity index (χ2n) is 3.32. The van der Waals surface area contributed by atoms with Crippen LogP contribution in [0.25, 0.3) is 0 Å². The van der Waals surface area contributed by atoms with Crippen LogP contribution in [0.5, 0.6) is 0 Å². The third-order valence-corrected chi connectivity index (χ3v) is 2.68. The summed E-state index contributed by atoms with van der Waals surface area (Å²) in [7, 11) is -4.28. The summed E-state index contributed by atoms with van der Waals surface area (Å²) in [6.07, 6.45) is 4.67. The lowest BCUT2D eigenvalue weighted by molar-refractivity contribution is 0.193. The molecule has 0 bridgehead atoms. The fraction of sp³-hybridized carbons (Fsp3) is 0.875. The molecule has 16 heavy (non-hydrogen) atoms. The molecular weight excluding hydrogens is 269 g/mol. The summed E-state index contributed by atoms with van der Waals surface area (Å²) < 4.78 is 15.1. The second-order valence-corrected chi connectivity index (χ2v) is 5.72. The van der Waals surface area contributed by atoms with Crippen molar-refractivity contribution in [2.24, 2.45) is 0 Å². The zero-order chi connectivity index (χ0) is 12.4. The minimum Gasteiger partial charge on any atom is -0.371 e. The van der Waals surface area contributed by atoms with Crippen molar-refractivity contribution in [3.05, 3.63) is 0 Å². The zero-order valence-corrected chi connectivity index (χ0v) is 11.6. The number of nitrogens with one attached hydrogen (secondary N) is 1. The number of rotatable bonds is 9. The molecule has 0 amide bonds. The van der Waals surface area contributed by atoms with Crippen LogP contribution in [0.3, 0.4) is 0 Å². The van der Waals surface area contributed by atoms with E-state index in [0.717, 1.165) is 32.2 Å². The average Bonchev–Trinajstić information content (AvgIpc) is 2.13. The summed E-state index contributed by atoms with van der Waals surface area (Å²) in [6.45, 7) is 0.935. The highest BCUT2D eigenvalue weighted by molar-refractivity contribution is 8.11. The van der Waals surface area contributed by atoms with Gasteiger partial charge in [-0.2, -0.15) is 0 Å². The molecule has 0 radical (unpaired) electrons. The molecule has 0 aliphatic carbocycles. The summed E-state index contributed by atoms with van der Waals surface area (Å²) in [4.78, 5) is 16.8. The van der Waals surface area contributed by atoms with E-state index in [1.54, 1.807) is 0 Å². The highest BCUT2D eigenvalue weighted by Crippen LogP contribution is 2.35. The van der Waals surface area contributed by atoms with Gasteiger partial charge >= 0.3 is 7.82 Å². The lowest BCUT2D eigenvalue weighted by Gasteiger charge is -2.05. The quantitative estimate of drug-likeness (QED) is 0.224. The fourth-order valence-corrected chi connectivity index (χ4v) is 1.72. The molecule has 8 heteroatoms. The molecule has 0 saturated heterocycles. The van der Waals surface area contributed by atoms with Crippen molar-refractivity contribution in [1.29, 1.82) is 0 Å². The Morgan fingerprint density at radius 3 is 2.38 bits per heavy atom. The lowest BCUT2D eigenvalue weighted by Crippen LogP contribution is -2.17. The van der Waals surface area contributed by atoms with Crippen LogP contribution in [0.1, 0.15) is 32.1 Å². The van der Waals surface area contributed by atoms with Gasteiger partial charge in [0.05, 0.1) is 6.61 Å². The van der Waals surface area contributed by atoms with Crippen LogP contribution in [-0.2, 0) is 9.09 Å². The standard InChI is InChI=1S/C8H18NO4PS2/c10-14(11,12)13-7-5-3-1-2-4-6-9-8(15)16/h1-7H2,(H2,9,15,16)(H2,10,11,12). The van der Waals surface area contributed by atoms with Crippen LogP contribution in [0, 0.1) is 0 Å². The van der Waals surface area contributed by atoms with Gasteiger partial charge < -0.3 is 15.1 Å². The van der Waals surface area contributed by atoms with Gasteiger partial charge in [-0.3, -0.25) is 4.52 Å². The third-order valence-electron chi connectivity index (χ3n) is 1.86. The van der Waals surface area contributed by atoms with Gasteiger partial charge in [0, 0.05) is 6.54 Å². The molecule has 5 nitrogen and oxygen atoms in total. The van der Waals surface area contributed by atoms with E-state index in [9.17, 15) is 4.57 Å². The van der Waals surface area contributed by atoms with E-state index >= 15 is 0 Å². The number of hydrogen-bond donors (Lipinski definition) is 4. The fourth-order valence-electron chi connectivity index (χ4n) is 1.14. The Hall–Kier alpha value is 0.350. The Morgan fingerprint density at radius 2 is 1.81 bits per heavy atom. The van der Waals surface area contributed by atoms with Crippen molar-refractivity contribution < 1.29 is 18.9 Å². The van der Waals surface area contributed by atoms with E-state index in [0.29, 0.717) is 10.7 Å². The minimum atomic E-state index is -4.28. The predicted molar refractivity (Wildman–Crippen MR) is 70.7 cm³/mol. The van der Waals surface area contributed by atoms with Crippen LogP contribution < -0.4 is 5.32 Å². The molecule has 96 valence electrons. The SMILES string of the molecule is O=P(O)(O)OCCCCCCCNC(=S)S. The second kappa shape index (κ2) is 9.39. The van der Waals surface area contributed by atoms with Crippen LogP contribution in [0.2, 0.25) is 0 Å².